The van der Waals surface area contributed by atoms with Crippen molar-refractivity contribution in [2.45, 2.75) is 160 Å². The molecule has 16 N–H and O–H groups in total. The van der Waals surface area contributed by atoms with E-state index in [2.05, 4.69) is 47.9 Å². The Hall–Kier alpha value is -8.34. The van der Waals surface area contributed by atoms with Crippen LogP contribution in [-0.4, -0.2) is 176 Å². The van der Waals surface area contributed by atoms with Crippen molar-refractivity contribution in [1.29, 1.82) is 0 Å². The van der Waals surface area contributed by atoms with Gasteiger partial charge >= 0.3 is 23.9 Å². The van der Waals surface area contributed by atoms with Crippen molar-refractivity contribution < 1.29 is 87.9 Å². The van der Waals surface area contributed by atoms with Crippen LogP contribution >= 0.6 is 11.8 Å². The van der Waals surface area contributed by atoms with E-state index in [-0.39, 0.29) is 43.3 Å². The first kappa shape index (κ1) is 72.8. The highest BCUT2D eigenvalue weighted by Crippen LogP contribution is 2.16. The molecular formula is C56H82N10O18S. The molecule has 0 unspecified atom stereocenters. The molecule has 2 aromatic carbocycles. The molecule has 0 fully saturated rings. The van der Waals surface area contributed by atoms with Gasteiger partial charge in [0, 0.05) is 25.7 Å². The van der Waals surface area contributed by atoms with Gasteiger partial charge in [-0.2, -0.15) is 11.8 Å². The second-order valence-electron chi connectivity index (χ2n) is 21.4. The number of hydrogen-bond acceptors (Lipinski definition) is 16. The van der Waals surface area contributed by atoms with Crippen LogP contribution in [0.1, 0.15) is 104 Å². The van der Waals surface area contributed by atoms with Crippen molar-refractivity contribution in [3.05, 3.63) is 65.7 Å². The summed E-state index contributed by atoms with van der Waals surface area (Å²) >= 11 is 1.31. The quantitative estimate of drug-likeness (QED) is 0.0393. The molecule has 85 heavy (non-hydrogen) atoms. The fourth-order valence-electron chi connectivity index (χ4n) is 8.43. The molecule has 0 aliphatic heterocycles. The van der Waals surface area contributed by atoms with Crippen molar-refractivity contribution in [1.82, 2.24) is 47.9 Å². The van der Waals surface area contributed by atoms with Crippen LogP contribution in [0, 0.1) is 17.8 Å². The number of phenols is 1. The van der Waals surface area contributed by atoms with Crippen molar-refractivity contribution in [3.63, 3.8) is 0 Å². The van der Waals surface area contributed by atoms with Crippen LogP contribution in [-0.2, 0) is 75.2 Å². The number of amides is 9. The number of carboxylic acid groups (broad SMARTS) is 4. The van der Waals surface area contributed by atoms with E-state index >= 15 is 0 Å². The van der Waals surface area contributed by atoms with E-state index in [1.165, 1.54) is 36.0 Å². The van der Waals surface area contributed by atoms with E-state index in [9.17, 15) is 87.9 Å². The Balaban J connectivity index is 2.60. The molecule has 470 valence electrons. The molecule has 2 rings (SSSR count). The van der Waals surface area contributed by atoms with Gasteiger partial charge in [0.1, 0.15) is 60.1 Å². The molecule has 0 radical (unpaired) electrons. The normalized spacial score (nSPS) is 14.3. The van der Waals surface area contributed by atoms with Gasteiger partial charge in [0.05, 0.1) is 13.0 Å². The molecule has 0 bridgehead atoms. The summed E-state index contributed by atoms with van der Waals surface area (Å²) in [4.78, 5) is 173. The minimum absolute atomic E-state index is 0.000809. The van der Waals surface area contributed by atoms with Gasteiger partial charge in [0.25, 0.3) is 0 Å². The lowest BCUT2D eigenvalue weighted by Gasteiger charge is -2.28. The topological polar surface area (TPSA) is 457 Å². The highest BCUT2D eigenvalue weighted by molar-refractivity contribution is 7.98. The Kier molecular flexibility index (Phi) is 31.7. The van der Waals surface area contributed by atoms with E-state index in [4.69, 9.17) is 5.73 Å². The van der Waals surface area contributed by atoms with E-state index in [0.717, 1.165) is 0 Å². The number of benzene rings is 2. The smallest absolute Gasteiger partial charge is 0.326 e. The van der Waals surface area contributed by atoms with Crippen LogP contribution in [0.4, 0.5) is 0 Å². The number of aromatic hydroxyl groups is 1. The highest BCUT2D eigenvalue weighted by atomic mass is 32.2. The first-order chi connectivity index (χ1) is 39.9. The summed E-state index contributed by atoms with van der Waals surface area (Å²) < 4.78 is 0. The molecular weight excluding hydrogens is 1130 g/mol. The average Bonchev–Trinajstić information content (AvgIpc) is 3.64. The molecule has 0 saturated carbocycles. The molecule has 0 aromatic heterocycles. The number of thioether (sulfide) groups is 1. The lowest BCUT2D eigenvalue weighted by atomic mass is 9.99. The van der Waals surface area contributed by atoms with Gasteiger partial charge in [-0.25, -0.2) is 4.79 Å². The Morgan fingerprint density at radius 1 is 0.447 bits per heavy atom. The molecule has 28 nitrogen and oxygen atoms in total. The van der Waals surface area contributed by atoms with E-state index in [1.54, 1.807) is 78.1 Å². The van der Waals surface area contributed by atoms with Gasteiger partial charge in [0.15, 0.2) is 0 Å². The van der Waals surface area contributed by atoms with Crippen molar-refractivity contribution >= 4 is 88.8 Å². The zero-order valence-corrected chi connectivity index (χ0v) is 49.5. The van der Waals surface area contributed by atoms with Gasteiger partial charge in [-0.1, -0.05) is 84.0 Å². The second kappa shape index (κ2) is 37.1. The summed E-state index contributed by atoms with van der Waals surface area (Å²) in [5.41, 5.74) is 6.30. The predicted molar refractivity (Wildman–Crippen MR) is 309 cm³/mol. The molecule has 0 aliphatic carbocycles. The minimum atomic E-state index is -2.00. The van der Waals surface area contributed by atoms with Crippen LogP contribution in [0.3, 0.4) is 0 Å². The Morgan fingerprint density at radius 3 is 1.21 bits per heavy atom. The third-order valence-electron chi connectivity index (χ3n) is 12.9. The predicted octanol–water partition coefficient (Wildman–Crippen LogP) is -0.711. The third-order valence-corrected chi connectivity index (χ3v) is 13.5. The van der Waals surface area contributed by atoms with Crippen LogP contribution < -0.4 is 53.6 Å². The van der Waals surface area contributed by atoms with Gasteiger partial charge in [-0.3, -0.25) is 57.5 Å². The first-order valence-electron chi connectivity index (χ1n) is 27.6. The van der Waals surface area contributed by atoms with Gasteiger partial charge in [-0.05, 0) is 85.1 Å². The number of carbonyl (C=O) groups excluding carboxylic acids is 9. The second-order valence-corrected chi connectivity index (χ2v) is 22.4. The molecule has 2 aromatic rings. The number of nitrogens with one attached hydrogen (secondary N) is 9. The van der Waals surface area contributed by atoms with E-state index < -0.39 is 182 Å². The molecule has 0 spiro atoms. The average molecular weight is 1220 g/mol. The van der Waals surface area contributed by atoms with Crippen LogP contribution in [0.25, 0.3) is 0 Å². The summed E-state index contributed by atoms with van der Waals surface area (Å²) in [6.45, 7) is 9.58. The van der Waals surface area contributed by atoms with Gasteiger partial charge in [0.2, 0.25) is 53.2 Å². The van der Waals surface area contributed by atoms with E-state index in [1.807, 2.05) is 0 Å². The van der Waals surface area contributed by atoms with Crippen molar-refractivity contribution in [3.8, 4) is 5.75 Å². The van der Waals surface area contributed by atoms with Gasteiger partial charge < -0.3 is 79.1 Å². The van der Waals surface area contributed by atoms with E-state index in [0.29, 0.717) is 16.9 Å². The van der Waals surface area contributed by atoms with Gasteiger partial charge in [-0.15, -0.1) is 0 Å². The summed E-state index contributed by atoms with van der Waals surface area (Å²) in [6, 6.07) is -0.554. The molecule has 9 amide bonds. The highest BCUT2D eigenvalue weighted by Gasteiger charge is 2.37. The maximum Gasteiger partial charge on any atom is 0.326 e. The number of hydrogen-bond donors (Lipinski definition) is 15. The monoisotopic (exact) mass is 1210 g/mol. The number of aliphatic carboxylic acids is 4. The fraction of sp³-hybridized carbons (Fsp3) is 0.554. The first-order valence-corrected chi connectivity index (χ1v) is 29.0. The third kappa shape index (κ3) is 27.7. The van der Waals surface area contributed by atoms with Crippen LogP contribution in [0.5, 0.6) is 5.75 Å². The Morgan fingerprint density at radius 2 is 0.812 bits per heavy atom. The Labute approximate surface area is 496 Å². The van der Waals surface area contributed by atoms with Crippen molar-refractivity contribution in [2.75, 3.05) is 18.6 Å². The summed E-state index contributed by atoms with van der Waals surface area (Å²) in [5.74, 6) is -15.7. The number of rotatable bonds is 39. The molecule has 0 heterocycles. The summed E-state index contributed by atoms with van der Waals surface area (Å²) in [7, 11) is 0. The Bertz CT molecular complexity index is 2630. The molecule has 0 saturated heterocycles. The summed E-state index contributed by atoms with van der Waals surface area (Å²) in [6.07, 6.45) is -2.65. The standard InChI is InChI=1S/C56H82N10O18S/c1-29(2)23-38(58-43(68)28-57)51(78)64-40(25-32-11-9-8-10-12-32)54(81)65-42(27-46(73)74)55(82)60-36(18-20-45(71)72)49(76)63-41(26-33-13-15-34(67)16-14-33)53(80)62-39(24-30(3)4)52(79)59-35(17-19-44(69)70)48(75)61-37(21-22-85-7)50(77)66-47(31(5)6)56(83)84/h8-16,29-31,35-42,47,67H,17-28,57H2,1-7H3,(H,58,68)(H,59,79)(H,60,82)(H,61,75)(H,62,80)(H,63,76)(H,64,78)(H,65,81)(H,66,77)(H,69,70)(H,71,72)(H,73,74)(H,83,84)/t35-,36-,37-,38-,39-,40-,41-,42-,47-/m0/s1. The zero-order chi connectivity index (χ0) is 64.1. The SMILES string of the molecule is CSCC[C@H](NC(=O)[C@H](CCC(=O)O)NC(=O)[C@H](CC(C)C)NC(=O)[C@H](Cc1ccc(O)cc1)NC(=O)[C@H](CCC(=O)O)NC(=O)[C@H](CC(=O)O)NC(=O)[C@H](Cc1ccccc1)NC(=O)[C@H](CC(C)C)NC(=O)CN)C(=O)N[C@H](C(=O)O)C(C)C. The number of carboxylic acids is 4. The fourth-order valence-corrected chi connectivity index (χ4v) is 8.90. The molecule has 9 atom stereocenters. The maximum absolute atomic E-state index is 14.5. The largest absolute Gasteiger partial charge is 0.508 e. The van der Waals surface area contributed by atoms with Crippen LogP contribution in [0.2, 0.25) is 0 Å². The number of phenolic OH excluding ortho intramolecular Hbond substituents is 1. The lowest BCUT2D eigenvalue weighted by molar-refractivity contribution is -0.143. The minimum Gasteiger partial charge on any atom is -0.508 e. The molecule has 29 heteroatoms. The zero-order valence-electron chi connectivity index (χ0n) is 48.6. The number of nitrogens with two attached hydrogens (primary N) is 1. The maximum atomic E-state index is 14.5. The summed E-state index contributed by atoms with van der Waals surface area (Å²) in [5, 5.41) is 71.0. The molecule has 0 aliphatic rings. The number of carbonyl (C=O) groups is 13. The van der Waals surface area contributed by atoms with Crippen LogP contribution in [0.15, 0.2) is 54.6 Å². The van der Waals surface area contributed by atoms with Crippen molar-refractivity contribution in [2.24, 2.45) is 23.5 Å². The lowest BCUT2D eigenvalue weighted by Crippen LogP contribution is -2.61.